The van der Waals surface area contributed by atoms with Crippen molar-refractivity contribution < 1.29 is 4.79 Å². The van der Waals surface area contributed by atoms with E-state index in [0.29, 0.717) is 24.7 Å². The third-order valence-corrected chi connectivity index (χ3v) is 4.92. The number of aromatic nitrogens is 2. The van der Waals surface area contributed by atoms with Crippen molar-refractivity contribution in [3.8, 4) is 0 Å². The first-order valence-corrected chi connectivity index (χ1v) is 9.12. The van der Waals surface area contributed by atoms with Crippen LogP contribution < -0.4 is 4.90 Å². The second-order valence-corrected chi connectivity index (χ2v) is 6.83. The molecule has 2 heterocycles. The summed E-state index contributed by atoms with van der Waals surface area (Å²) in [7, 11) is 1.91. The minimum absolute atomic E-state index is 0.0438. The molecular formula is C22H22N4O. The molecule has 5 heteroatoms. The fourth-order valence-corrected chi connectivity index (χ4v) is 3.41. The molecule has 1 aromatic heterocycles. The molecule has 0 bridgehead atoms. The number of carbonyl (C=O) groups is 1. The summed E-state index contributed by atoms with van der Waals surface area (Å²) in [6.45, 7) is 3.23. The second-order valence-electron chi connectivity index (χ2n) is 6.83. The van der Waals surface area contributed by atoms with E-state index in [0.717, 1.165) is 17.8 Å². The van der Waals surface area contributed by atoms with E-state index >= 15 is 0 Å². The van der Waals surface area contributed by atoms with Gasteiger partial charge in [0.2, 0.25) is 5.95 Å². The summed E-state index contributed by atoms with van der Waals surface area (Å²) in [6.07, 6.45) is 0.878. The van der Waals surface area contributed by atoms with Gasteiger partial charge in [0.05, 0.1) is 0 Å². The van der Waals surface area contributed by atoms with Crippen molar-refractivity contribution in [2.24, 2.45) is 0 Å². The van der Waals surface area contributed by atoms with Gasteiger partial charge >= 0.3 is 0 Å². The van der Waals surface area contributed by atoms with Gasteiger partial charge in [-0.05, 0) is 42.7 Å². The Bertz CT molecular complexity index is 971. The molecule has 1 aliphatic rings. The van der Waals surface area contributed by atoms with Crippen LogP contribution in [0.3, 0.4) is 0 Å². The molecule has 0 aliphatic carbocycles. The van der Waals surface area contributed by atoms with Crippen molar-refractivity contribution in [2.45, 2.75) is 19.9 Å². The smallest absolute Gasteiger partial charge is 0.272 e. The highest BCUT2D eigenvalue weighted by Crippen LogP contribution is 2.23. The Hall–Kier alpha value is -3.21. The van der Waals surface area contributed by atoms with E-state index in [-0.39, 0.29) is 5.91 Å². The van der Waals surface area contributed by atoms with E-state index in [2.05, 4.69) is 28.2 Å². The predicted octanol–water partition coefficient (Wildman–Crippen LogP) is 3.75. The van der Waals surface area contributed by atoms with E-state index in [4.69, 9.17) is 0 Å². The Kier molecular flexibility index (Phi) is 4.59. The van der Waals surface area contributed by atoms with Crippen LogP contribution in [-0.4, -0.2) is 34.4 Å². The van der Waals surface area contributed by atoms with Crippen molar-refractivity contribution in [3.63, 3.8) is 0 Å². The molecule has 0 spiro atoms. The highest BCUT2D eigenvalue weighted by atomic mass is 16.2. The minimum Gasteiger partial charge on any atom is -0.333 e. The summed E-state index contributed by atoms with van der Waals surface area (Å²) in [4.78, 5) is 25.9. The van der Waals surface area contributed by atoms with Crippen molar-refractivity contribution >= 4 is 17.5 Å². The van der Waals surface area contributed by atoms with Gasteiger partial charge in [-0.15, -0.1) is 0 Å². The number of fused-ring (bicyclic) bond motifs is 1. The Balaban J connectivity index is 1.61. The normalized spacial score (nSPS) is 13.2. The molecule has 27 heavy (non-hydrogen) atoms. The third-order valence-electron chi connectivity index (χ3n) is 4.92. The van der Waals surface area contributed by atoms with Gasteiger partial charge in [0.25, 0.3) is 5.91 Å². The maximum Gasteiger partial charge on any atom is 0.272 e. The summed E-state index contributed by atoms with van der Waals surface area (Å²) in [5, 5.41) is 0. The molecule has 3 aromatic rings. The van der Waals surface area contributed by atoms with Crippen LogP contribution in [0.15, 0.2) is 60.7 Å². The molecule has 0 radical (unpaired) electrons. The Morgan fingerprint density at radius 1 is 1.00 bits per heavy atom. The van der Waals surface area contributed by atoms with Crippen LogP contribution in [-0.2, 0) is 13.0 Å². The van der Waals surface area contributed by atoms with Gasteiger partial charge in [0.1, 0.15) is 5.69 Å². The molecular weight excluding hydrogens is 336 g/mol. The van der Waals surface area contributed by atoms with Crippen LogP contribution in [0.5, 0.6) is 0 Å². The van der Waals surface area contributed by atoms with Crippen LogP contribution in [0.1, 0.15) is 27.3 Å². The van der Waals surface area contributed by atoms with Gasteiger partial charge in [-0.3, -0.25) is 4.79 Å². The second kappa shape index (κ2) is 7.19. The molecule has 0 saturated heterocycles. The number of nitrogens with zero attached hydrogens (tertiary/aromatic N) is 4. The van der Waals surface area contributed by atoms with Crippen LogP contribution in [0, 0.1) is 6.92 Å². The topological polar surface area (TPSA) is 49.3 Å². The Labute approximate surface area is 159 Å². The summed E-state index contributed by atoms with van der Waals surface area (Å²) < 4.78 is 0. The molecule has 1 aliphatic heterocycles. The number of anilines is 2. The summed E-state index contributed by atoms with van der Waals surface area (Å²) >= 11 is 0. The van der Waals surface area contributed by atoms with E-state index in [9.17, 15) is 4.79 Å². The zero-order valence-electron chi connectivity index (χ0n) is 15.6. The average molecular weight is 358 g/mol. The minimum atomic E-state index is -0.0438. The van der Waals surface area contributed by atoms with Crippen molar-refractivity contribution in [1.29, 1.82) is 0 Å². The molecule has 4 rings (SSSR count). The highest BCUT2D eigenvalue weighted by Gasteiger charge is 2.23. The van der Waals surface area contributed by atoms with E-state index in [1.165, 1.54) is 11.1 Å². The fraction of sp³-hybridized carbons (Fsp3) is 0.227. The average Bonchev–Trinajstić information content (AvgIpc) is 2.72. The maximum atomic E-state index is 13.1. The van der Waals surface area contributed by atoms with Crippen LogP contribution in [0.2, 0.25) is 0 Å². The molecule has 0 N–H and O–H groups in total. The number of carbonyl (C=O) groups excluding carboxylic acids is 1. The summed E-state index contributed by atoms with van der Waals surface area (Å²) in [5.41, 5.74) is 4.74. The van der Waals surface area contributed by atoms with E-state index < -0.39 is 0 Å². The molecule has 0 saturated carbocycles. The number of hydrogen-bond donors (Lipinski definition) is 0. The molecule has 5 nitrogen and oxygen atoms in total. The maximum absolute atomic E-state index is 13.1. The van der Waals surface area contributed by atoms with Gasteiger partial charge in [0.15, 0.2) is 0 Å². The number of para-hydroxylation sites is 1. The van der Waals surface area contributed by atoms with Gasteiger partial charge < -0.3 is 9.80 Å². The Morgan fingerprint density at radius 3 is 2.48 bits per heavy atom. The predicted molar refractivity (Wildman–Crippen MR) is 106 cm³/mol. The SMILES string of the molecule is Cc1cc(C(=O)N2CCc3ccccc3C2)nc(N(C)c2ccccc2)n1. The molecule has 2 aromatic carbocycles. The number of amides is 1. The van der Waals surface area contributed by atoms with Gasteiger partial charge in [-0.1, -0.05) is 42.5 Å². The summed E-state index contributed by atoms with van der Waals surface area (Å²) in [6, 6.07) is 20.0. The zero-order valence-corrected chi connectivity index (χ0v) is 15.6. The number of benzene rings is 2. The van der Waals surface area contributed by atoms with Gasteiger partial charge in [-0.2, -0.15) is 0 Å². The summed E-state index contributed by atoms with van der Waals surface area (Å²) in [5.74, 6) is 0.486. The fourth-order valence-electron chi connectivity index (χ4n) is 3.41. The van der Waals surface area contributed by atoms with Crippen LogP contribution in [0.4, 0.5) is 11.6 Å². The lowest BCUT2D eigenvalue weighted by molar-refractivity contribution is 0.0728. The molecule has 1 amide bonds. The first kappa shape index (κ1) is 17.2. The van der Waals surface area contributed by atoms with Gasteiger partial charge in [0, 0.05) is 31.5 Å². The highest BCUT2D eigenvalue weighted by molar-refractivity contribution is 5.93. The van der Waals surface area contributed by atoms with Crippen LogP contribution >= 0.6 is 0 Å². The molecule has 0 atom stereocenters. The van der Waals surface area contributed by atoms with Crippen molar-refractivity contribution in [1.82, 2.24) is 14.9 Å². The monoisotopic (exact) mass is 358 g/mol. The van der Waals surface area contributed by atoms with Crippen LogP contribution in [0.25, 0.3) is 0 Å². The largest absolute Gasteiger partial charge is 0.333 e. The zero-order chi connectivity index (χ0) is 18.8. The number of rotatable bonds is 3. The van der Waals surface area contributed by atoms with Crippen molar-refractivity contribution in [2.75, 3.05) is 18.5 Å². The Morgan fingerprint density at radius 2 is 1.70 bits per heavy atom. The standard InChI is InChI=1S/C22H22N4O/c1-16-14-20(24-22(23-16)25(2)19-10-4-3-5-11-19)21(27)26-13-12-17-8-6-7-9-18(17)15-26/h3-11,14H,12-13,15H2,1-2H3. The quantitative estimate of drug-likeness (QED) is 0.715. The third kappa shape index (κ3) is 3.53. The lowest BCUT2D eigenvalue weighted by atomic mass is 10.00. The van der Waals surface area contributed by atoms with E-state index in [1.807, 2.05) is 60.2 Å². The van der Waals surface area contributed by atoms with Crippen molar-refractivity contribution in [3.05, 3.63) is 83.2 Å². The first-order valence-electron chi connectivity index (χ1n) is 9.12. The lowest BCUT2D eigenvalue weighted by Gasteiger charge is -2.29. The molecule has 136 valence electrons. The van der Waals surface area contributed by atoms with Gasteiger partial charge in [-0.25, -0.2) is 9.97 Å². The number of aryl methyl sites for hydroxylation is 1. The molecule has 0 unspecified atom stereocenters. The lowest BCUT2D eigenvalue weighted by Crippen LogP contribution is -2.36. The first-order chi connectivity index (χ1) is 13.1. The number of hydrogen-bond acceptors (Lipinski definition) is 4. The molecule has 0 fully saturated rings. The van der Waals surface area contributed by atoms with E-state index in [1.54, 1.807) is 6.07 Å².